The number of carbonyl (C=O) groups is 1. The Hall–Kier alpha value is -2.41. The highest BCUT2D eigenvalue weighted by Gasteiger charge is 2.12. The van der Waals surface area contributed by atoms with Crippen LogP contribution >= 0.6 is 0 Å². The van der Waals surface area contributed by atoms with Crippen LogP contribution in [0.2, 0.25) is 0 Å². The maximum absolute atomic E-state index is 12.1. The van der Waals surface area contributed by atoms with E-state index < -0.39 is 0 Å². The number of hydrogen-bond acceptors (Lipinski definition) is 6. The monoisotopic (exact) mass is 332 g/mol. The molecule has 130 valence electrons. The van der Waals surface area contributed by atoms with E-state index in [1.807, 2.05) is 32.9 Å². The summed E-state index contributed by atoms with van der Waals surface area (Å²) < 4.78 is 5.15. The second-order valence-corrected chi connectivity index (χ2v) is 5.90. The molecule has 2 aromatic rings. The topological polar surface area (TPSA) is 100 Å². The number of aromatic nitrogens is 2. The summed E-state index contributed by atoms with van der Waals surface area (Å²) in [5.41, 5.74) is 1.41. The van der Waals surface area contributed by atoms with E-state index in [2.05, 4.69) is 20.8 Å². The molecule has 24 heavy (non-hydrogen) atoms. The van der Waals surface area contributed by atoms with Gasteiger partial charge in [0.05, 0.1) is 19.2 Å². The van der Waals surface area contributed by atoms with Gasteiger partial charge in [-0.15, -0.1) is 0 Å². The smallest absolute Gasteiger partial charge is 0.251 e. The van der Waals surface area contributed by atoms with Crippen LogP contribution in [0.5, 0.6) is 0 Å². The predicted octanol–water partition coefficient (Wildman–Crippen LogP) is 2.31. The van der Waals surface area contributed by atoms with Crippen molar-refractivity contribution in [3.63, 3.8) is 0 Å². The molecule has 3 N–H and O–H groups in total. The standard InChI is InChI=1S/C17H24N4O3/c1-4-13(10-22)19-16(23)12-5-7-14(8-6-12)18-9-15-20-17(11(2)3)24-21-15/h5-8,11,13,18,22H,4,9-10H2,1-3H3,(H,19,23). The number of nitrogens with one attached hydrogen (secondary N) is 2. The van der Waals surface area contributed by atoms with E-state index in [0.29, 0.717) is 30.2 Å². The van der Waals surface area contributed by atoms with Crippen molar-refractivity contribution >= 4 is 11.6 Å². The van der Waals surface area contributed by atoms with Crippen molar-refractivity contribution in [3.05, 3.63) is 41.5 Å². The minimum absolute atomic E-state index is 0.0645. The Balaban J connectivity index is 1.90. The Labute approximate surface area is 141 Å². The molecule has 0 saturated carbocycles. The lowest BCUT2D eigenvalue weighted by molar-refractivity contribution is 0.0915. The van der Waals surface area contributed by atoms with E-state index in [-0.39, 0.29) is 24.5 Å². The van der Waals surface area contributed by atoms with Crippen LogP contribution in [-0.2, 0) is 6.54 Å². The normalized spacial score (nSPS) is 12.2. The van der Waals surface area contributed by atoms with E-state index >= 15 is 0 Å². The third-order valence-corrected chi connectivity index (χ3v) is 3.62. The van der Waals surface area contributed by atoms with Crippen LogP contribution in [0.3, 0.4) is 0 Å². The molecular weight excluding hydrogens is 308 g/mol. The summed E-state index contributed by atoms with van der Waals surface area (Å²) in [5, 5.41) is 19.0. The highest BCUT2D eigenvalue weighted by molar-refractivity contribution is 5.94. The third-order valence-electron chi connectivity index (χ3n) is 3.62. The second-order valence-electron chi connectivity index (χ2n) is 5.90. The molecule has 0 bridgehead atoms. The Morgan fingerprint density at radius 2 is 2.00 bits per heavy atom. The van der Waals surface area contributed by atoms with Crippen LogP contribution in [0.25, 0.3) is 0 Å². The molecule has 0 aliphatic rings. The Morgan fingerprint density at radius 1 is 1.29 bits per heavy atom. The van der Waals surface area contributed by atoms with Gasteiger partial charge in [0, 0.05) is 17.2 Å². The summed E-state index contributed by atoms with van der Waals surface area (Å²) in [7, 11) is 0. The van der Waals surface area contributed by atoms with Crippen LogP contribution in [-0.4, -0.2) is 33.8 Å². The van der Waals surface area contributed by atoms with Crippen molar-refractivity contribution in [2.75, 3.05) is 11.9 Å². The Bertz CT molecular complexity index is 648. The lowest BCUT2D eigenvalue weighted by Gasteiger charge is -2.14. The second kappa shape index (κ2) is 8.44. The molecular formula is C17H24N4O3. The van der Waals surface area contributed by atoms with Crippen LogP contribution < -0.4 is 10.6 Å². The van der Waals surface area contributed by atoms with Crippen LogP contribution in [0, 0.1) is 0 Å². The number of nitrogens with zero attached hydrogens (tertiary/aromatic N) is 2. The number of benzene rings is 1. The van der Waals surface area contributed by atoms with E-state index in [1.165, 1.54) is 0 Å². The van der Waals surface area contributed by atoms with E-state index in [1.54, 1.807) is 12.1 Å². The molecule has 1 aromatic carbocycles. The van der Waals surface area contributed by atoms with Crippen molar-refractivity contribution < 1.29 is 14.4 Å². The average molecular weight is 332 g/mol. The van der Waals surface area contributed by atoms with E-state index in [9.17, 15) is 4.79 Å². The summed E-state index contributed by atoms with van der Waals surface area (Å²) in [6.07, 6.45) is 0.685. The molecule has 1 amide bonds. The molecule has 1 atom stereocenters. The number of rotatable bonds is 8. The Morgan fingerprint density at radius 3 is 2.54 bits per heavy atom. The van der Waals surface area contributed by atoms with Gasteiger partial charge in [0.2, 0.25) is 5.89 Å². The first-order valence-corrected chi connectivity index (χ1v) is 8.11. The highest BCUT2D eigenvalue weighted by atomic mass is 16.5. The maximum Gasteiger partial charge on any atom is 0.251 e. The lowest BCUT2D eigenvalue weighted by Crippen LogP contribution is -2.36. The molecule has 7 nitrogen and oxygen atoms in total. The largest absolute Gasteiger partial charge is 0.394 e. The van der Waals surface area contributed by atoms with E-state index in [0.717, 1.165) is 5.69 Å². The number of carbonyl (C=O) groups excluding carboxylic acids is 1. The minimum Gasteiger partial charge on any atom is -0.394 e. The van der Waals surface area contributed by atoms with Gasteiger partial charge in [-0.25, -0.2) is 0 Å². The zero-order valence-corrected chi connectivity index (χ0v) is 14.2. The summed E-state index contributed by atoms with van der Waals surface area (Å²) in [6.45, 7) is 6.29. The fraction of sp³-hybridized carbons (Fsp3) is 0.471. The number of aliphatic hydroxyl groups is 1. The van der Waals surface area contributed by atoms with Gasteiger partial charge in [-0.2, -0.15) is 4.98 Å². The molecule has 0 radical (unpaired) electrons. The predicted molar refractivity (Wildman–Crippen MR) is 90.8 cm³/mol. The fourth-order valence-corrected chi connectivity index (χ4v) is 2.04. The lowest BCUT2D eigenvalue weighted by atomic mass is 10.1. The SMILES string of the molecule is CCC(CO)NC(=O)c1ccc(NCc2noc(C(C)C)n2)cc1. The van der Waals surface area contributed by atoms with Crippen molar-refractivity contribution in [2.45, 2.75) is 45.7 Å². The molecule has 0 saturated heterocycles. The third kappa shape index (κ3) is 4.79. The van der Waals surface area contributed by atoms with Gasteiger partial charge in [-0.05, 0) is 30.7 Å². The van der Waals surface area contributed by atoms with Crippen molar-refractivity contribution in [3.8, 4) is 0 Å². The van der Waals surface area contributed by atoms with Gasteiger partial charge in [-0.1, -0.05) is 25.9 Å². The molecule has 1 heterocycles. The van der Waals surface area contributed by atoms with Crippen LogP contribution in [0.15, 0.2) is 28.8 Å². The van der Waals surface area contributed by atoms with Gasteiger partial charge >= 0.3 is 0 Å². The van der Waals surface area contributed by atoms with Gasteiger partial charge in [0.25, 0.3) is 5.91 Å². The molecule has 0 fully saturated rings. The molecule has 1 unspecified atom stereocenters. The van der Waals surface area contributed by atoms with Crippen molar-refractivity contribution in [1.82, 2.24) is 15.5 Å². The zero-order valence-electron chi connectivity index (χ0n) is 14.2. The molecule has 0 aliphatic carbocycles. The number of amides is 1. The molecule has 2 rings (SSSR count). The summed E-state index contributed by atoms with van der Waals surface area (Å²) >= 11 is 0. The van der Waals surface area contributed by atoms with Gasteiger partial charge in [0.15, 0.2) is 5.82 Å². The average Bonchev–Trinajstić information content (AvgIpc) is 3.07. The Kier molecular flexibility index (Phi) is 6.31. The van der Waals surface area contributed by atoms with Crippen LogP contribution in [0.4, 0.5) is 5.69 Å². The quantitative estimate of drug-likeness (QED) is 0.686. The first-order valence-electron chi connectivity index (χ1n) is 8.11. The summed E-state index contributed by atoms with van der Waals surface area (Å²) in [5.74, 6) is 1.22. The molecule has 7 heteroatoms. The van der Waals surface area contributed by atoms with Crippen molar-refractivity contribution in [2.24, 2.45) is 0 Å². The highest BCUT2D eigenvalue weighted by Crippen LogP contribution is 2.13. The number of hydrogen-bond donors (Lipinski definition) is 3. The fourth-order valence-electron chi connectivity index (χ4n) is 2.04. The molecule has 0 aliphatic heterocycles. The van der Waals surface area contributed by atoms with Gasteiger partial charge in [-0.3, -0.25) is 4.79 Å². The first kappa shape index (κ1) is 17.9. The van der Waals surface area contributed by atoms with E-state index in [4.69, 9.17) is 9.63 Å². The maximum atomic E-state index is 12.1. The van der Waals surface area contributed by atoms with Crippen molar-refractivity contribution in [1.29, 1.82) is 0 Å². The van der Waals surface area contributed by atoms with Gasteiger partial charge < -0.3 is 20.3 Å². The molecule has 0 spiro atoms. The zero-order chi connectivity index (χ0) is 17.5. The van der Waals surface area contributed by atoms with Gasteiger partial charge in [0.1, 0.15) is 0 Å². The number of aliphatic hydroxyl groups excluding tert-OH is 1. The first-order chi connectivity index (χ1) is 11.5. The summed E-state index contributed by atoms with van der Waals surface area (Å²) in [6, 6.07) is 6.88. The van der Waals surface area contributed by atoms with Crippen LogP contribution in [0.1, 0.15) is 55.2 Å². The minimum atomic E-state index is -0.219. The number of anilines is 1. The molecule has 1 aromatic heterocycles. The summed E-state index contributed by atoms with van der Waals surface area (Å²) in [4.78, 5) is 16.3.